The summed E-state index contributed by atoms with van der Waals surface area (Å²) in [6.07, 6.45) is -3.69. The van der Waals surface area contributed by atoms with Crippen LogP contribution < -0.4 is 19.7 Å². The van der Waals surface area contributed by atoms with Gasteiger partial charge in [0.15, 0.2) is 16.7 Å². The van der Waals surface area contributed by atoms with Crippen molar-refractivity contribution in [1.82, 2.24) is 15.3 Å². The smallest absolute Gasteiger partial charge is 0.416 e. The van der Waals surface area contributed by atoms with Gasteiger partial charge in [0, 0.05) is 37.5 Å². The number of likely N-dealkylation sites (N-methyl/N-ethyl adjacent to an activating group) is 1. The minimum Gasteiger partial charge on any atom is -0.493 e. The normalized spacial score (nSPS) is 11.2. The van der Waals surface area contributed by atoms with E-state index in [4.69, 9.17) is 21.1 Å². The molecule has 1 N–H and O–H groups in total. The van der Waals surface area contributed by atoms with Crippen molar-refractivity contribution in [3.8, 4) is 11.5 Å². The van der Waals surface area contributed by atoms with Crippen LogP contribution in [-0.4, -0.2) is 43.7 Å². The van der Waals surface area contributed by atoms with Gasteiger partial charge in [0.2, 0.25) is 0 Å². The third-order valence-electron chi connectivity index (χ3n) is 6.53. The van der Waals surface area contributed by atoms with E-state index in [9.17, 15) is 18.0 Å². The first-order valence-corrected chi connectivity index (χ1v) is 14.5. The van der Waals surface area contributed by atoms with Crippen LogP contribution in [0.4, 0.5) is 19.0 Å². The zero-order valence-electron chi connectivity index (χ0n) is 23.7. The van der Waals surface area contributed by atoms with Gasteiger partial charge in [-0.3, -0.25) is 4.79 Å². The fourth-order valence-electron chi connectivity index (χ4n) is 4.14. The van der Waals surface area contributed by atoms with Gasteiger partial charge in [-0.1, -0.05) is 53.7 Å². The van der Waals surface area contributed by atoms with Crippen molar-refractivity contribution < 1.29 is 27.4 Å². The van der Waals surface area contributed by atoms with Gasteiger partial charge in [-0.15, -0.1) is 0 Å². The van der Waals surface area contributed by atoms with Gasteiger partial charge < -0.3 is 19.7 Å². The number of carbonyl (C=O) groups excluding carboxylic acids is 1. The van der Waals surface area contributed by atoms with Crippen molar-refractivity contribution >= 4 is 35.1 Å². The first-order valence-electron chi connectivity index (χ1n) is 13.2. The van der Waals surface area contributed by atoms with Crippen molar-refractivity contribution in [2.24, 2.45) is 0 Å². The molecule has 1 heterocycles. The Bertz CT molecular complexity index is 1550. The number of alkyl halides is 3. The van der Waals surface area contributed by atoms with E-state index in [2.05, 4.69) is 15.3 Å². The Labute approximate surface area is 257 Å². The first kappa shape index (κ1) is 32.0. The molecule has 0 atom stereocenters. The summed E-state index contributed by atoms with van der Waals surface area (Å²) in [6, 6.07) is 19.4. The number of hydrogen-bond acceptors (Lipinski definition) is 7. The summed E-state index contributed by atoms with van der Waals surface area (Å²) in [5, 5.41) is 3.51. The maximum absolute atomic E-state index is 12.9. The summed E-state index contributed by atoms with van der Waals surface area (Å²) < 4.78 is 49.5. The van der Waals surface area contributed by atoms with Crippen LogP contribution in [0.1, 0.15) is 32.6 Å². The summed E-state index contributed by atoms with van der Waals surface area (Å²) in [5.41, 5.74) is 2.04. The Morgan fingerprint density at radius 1 is 0.930 bits per heavy atom. The fourth-order valence-corrected chi connectivity index (χ4v) is 5.17. The molecule has 0 saturated heterocycles. The van der Waals surface area contributed by atoms with Crippen LogP contribution in [0, 0.1) is 0 Å². The lowest BCUT2D eigenvalue weighted by Gasteiger charge is -2.19. The number of nitrogens with one attached hydrogen (secondary N) is 1. The third-order valence-corrected chi connectivity index (χ3v) is 7.64. The lowest BCUT2D eigenvalue weighted by atomic mass is 10.1. The number of aromatic nitrogens is 2. The highest BCUT2D eigenvalue weighted by molar-refractivity contribution is 7.98. The molecule has 7 nitrogen and oxygen atoms in total. The first-order chi connectivity index (χ1) is 20.5. The number of halogens is 4. The standard InChI is InChI=1S/C31H30ClF3N4O3S/c1-39(14-13-20-9-12-25(41-2)26(16-20)42-3)28-17-27(32)37-30(38-28)43-19-21-7-10-23(11-8-21)29(40)36-18-22-5-4-6-24(15-22)31(33,34)35/h4-12,15-17H,13-14,18-19H2,1-3H3,(H,36,40). The summed E-state index contributed by atoms with van der Waals surface area (Å²) >= 11 is 7.72. The Hall–Kier alpha value is -3.96. The van der Waals surface area contributed by atoms with E-state index in [0.717, 1.165) is 29.7 Å². The topological polar surface area (TPSA) is 76.6 Å². The van der Waals surface area contributed by atoms with E-state index in [1.165, 1.54) is 23.9 Å². The number of amides is 1. The van der Waals surface area contributed by atoms with E-state index >= 15 is 0 Å². The lowest BCUT2D eigenvalue weighted by Crippen LogP contribution is -2.23. The van der Waals surface area contributed by atoms with Gasteiger partial charge >= 0.3 is 6.18 Å². The molecule has 4 aromatic rings. The monoisotopic (exact) mass is 630 g/mol. The minimum atomic E-state index is -4.44. The SMILES string of the molecule is COc1ccc(CCN(C)c2cc(Cl)nc(SCc3ccc(C(=O)NCc4cccc(C(F)(F)F)c4)cc3)n2)cc1OC. The quantitative estimate of drug-likeness (QED) is 0.102. The van der Waals surface area contributed by atoms with Crippen molar-refractivity contribution in [3.05, 3.63) is 106 Å². The molecule has 3 aromatic carbocycles. The summed E-state index contributed by atoms with van der Waals surface area (Å²) in [5.74, 6) is 2.21. The molecule has 0 bridgehead atoms. The maximum atomic E-state index is 12.9. The fraction of sp³-hybridized carbons (Fsp3) is 0.258. The van der Waals surface area contributed by atoms with Gasteiger partial charge in [0.25, 0.3) is 5.91 Å². The van der Waals surface area contributed by atoms with Crippen LogP contribution in [0.2, 0.25) is 5.15 Å². The molecule has 0 radical (unpaired) electrons. The van der Waals surface area contributed by atoms with Crippen LogP contribution in [0.15, 0.2) is 78.0 Å². The highest BCUT2D eigenvalue weighted by Crippen LogP contribution is 2.30. The molecular weight excluding hydrogens is 601 g/mol. The number of methoxy groups -OCH3 is 2. The molecule has 0 aliphatic heterocycles. The molecular formula is C31H30ClF3N4O3S. The second-order valence-electron chi connectivity index (χ2n) is 9.56. The van der Waals surface area contributed by atoms with Crippen LogP contribution in [0.25, 0.3) is 0 Å². The van der Waals surface area contributed by atoms with E-state index < -0.39 is 11.7 Å². The second kappa shape index (κ2) is 14.5. The van der Waals surface area contributed by atoms with E-state index in [-0.39, 0.29) is 12.5 Å². The molecule has 0 fully saturated rings. The number of rotatable bonds is 12. The predicted molar refractivity (Wildman–Crippen MR) is 162 cm³/mol. The molecule has 4 rings (SSSR count). The van der Waals surface area contributed by atoms with Gasteiger partial charge in [0.1, 0.15) is 11.0 Å². The van der Waals surface area contributed by atoms with E-state index in [0.29, 0.717) is 51.1 Å². The number of ether oxygens (including phenoxy) is 2. The number of benzene rings is 3. The number of nitrogens with zero attached hydrogens (tertiary/aromatic N) is 3. The molecule has 12 heteroatoms. The Balaban J connectivity index is 1.31. The average molecular weight is 631 g/mol. The summed E-state index contributed by atoms with van der Waals surface area (Å²) in [6.45, 7) is 0.668. The highest BCUT2D eigenvalue weighted by atomic mass is 35.5. The summed E-state index contributed by atoms with van der Waals surface area (Å²) in [7, 11) is 5.14. The van der Waals surface area contributed by atoms with Crippen molar-refractivity contribution in [3.63, 3.8) is 0 Å². The molecule has 43 heavy (non-hydrogen) atoms. The van der Waals surface area contributed by atoms with Crippen LogP contribution >= 0.6 is 23.4 Å². The maximum Gasteiger partial charge on any atom is 0.416 e. The molecule has 0 spiro atoms. The van der Waals surface area contributed by atoms with Crippen molar-refractivity contribution in [1.29, 1.82) is 0 Å². The molecule has 0 aliphatic carbocycles. The number of carbonyl (C=O) groups is 1. The second-order valence-corrected chi connectivity index (χ2v) is 10.9. The average Bonchev–Trinajstić information content (AvgIpc) is 3.01. The molecule has 1 aromatic heterocycles. The zero-order chi connectivity index (χ0) is 31.0. The number of anilines is 1. The molecule has 0 aliphatic rings. The third kappa shape index (κ3) is 9.01. The number of hydrogen-bond donors (Lipinski definition) is 1. The molecule has 0 saturated carbocycles. The summed E-state index contributed by atoms with van der Waals surface area (Å²) in [4.78, 5) is 23.5. The van der Waals surface area contributed by atoms with Crippen molar-refractivity contribution in [2.75, 3.05) is 32.7 Å². The van der Waals surface area contributed by atoms with Gasteiger partial charge in [-0.05, 0) is 59.5 Å². The van der Waals surface area contributed by atoms with Crippen LogP contribution in [-0.2, 0) is 24.9 Å². The van der Waals surface area contributed by atoms with Gasteiger partial charge in [-0.2, -0.15) is 13.2 Å². The van der Waals surface area contributed by atoms with Crippen molar-refractivity contribution in [2.45, 2.75) is 30.1 Å². The molecule has 0 unspecified atom stereocenters. The van der Waals surface area contributed by atoms with Crippen LogP contribution in [0.5, 0.6) is 11.5 Å². The van der Waals surface area contributed by atoms with Gasteiger partial charge in [0.05, 0.1) is 19.8 Å². The van der Waals surface area contributed by atoms with E-state index in [1.54, 1.807) is 32.4 Å². The largest absolute Gasteiger partial charge is 0.493 e. The van der Waals surface area contributed by atoms with E-state index in [1.807, 2.05) is 42.3 Å². The lowest BCUT2D eigenvalue weighted by molar-refractivity contribution is -0.137. The van der Waals surface area contributed by atoms with Gasteiger partial charge in [-0.25, -0.2) is 9.97 Å². The zero-order valence-corrected chi connectivity index (χ0v) is 25.3. The molecule has 226 valence electrons. The van der Waals surface area contributed by atoms with Crippen LogP contribution in [0.3, 0.4) is 0 Å². The Kier molecular flexibility index (Phi) is 10.8. The highest BCUT2D eigenvalue weighted by Gasteiger charge is 2.30. The predicted octanol–water partition coefficient (Wildman–Crippen LogP) is 7.07. The number of thioether (sulfide) groups is 1. The Morgan fingerprint density at radius 2 is 1.65 bits per heavy atom. The minimum absolute atomic E-state index is 0.0163. The molecule has 1 amide bonds. The Morgan fingerprint density at radius 3 is 2.35 bits per heavy atom.